The third kappa shape index (κ3) is 2.98. The molecule has 1 nitrogen and oxygen atoms in total. The van der Waals surface area contributed by atoms with Crippen molar-refractivity contribution in [2.75, 3.05) is 6.61 Å². The molecule has 4 atom stereocenters. The molecule has 1 rings (SSSR count). The van der Waals surface area contributed by atoms with Crippen molar-refractivity contribution >= 4 is 0 Å². The van der Waals surface area contributed by atoms with E-state index in [0.29, 0.717) is 12.5 Å². The first-order valence-electron chi connectivity index (χ1n) is 5.78. The van der Waals surface area contributed by atoms with Crippen LogP contribution >= 0.6 is 0 Å². The topological polar surface area (TPSA) is 20.2 Å². The lowest BCUT2D eigenvalue weighted by molar-refractivity contribution is 0.201. The largest absolute Gasteiger partial charge is 0.396 e. The maximum atomic E-state index is 9.00. The first-order valence-corrected chi connectivity index (χ1v) is 5.78. The molecule has 0 aliphatic heterocycles. The Bertz CT molecular complexity index is 144. The molecule has 78 valence electrons. The van der Waals surface area contributed by atoms with E-state index in [9.17, 15) is 0 Å². The fourth-order valence-electron chi connectivity index (χ4n) is 2.73. The Morgan fingerprint density at radius 3 is 2.54 bits per heavy atom. The second-order valence-electron chi connectivity index (χ2n) is 5.01. The Morgan fingerprint density at radius 2 is 2.08 bits per heavy atom. The molecule has 0 spiro atoms. The summed E-state index contributed by atoms with van der Waals surface area (Å²) in [7, 11) is 0. The van der Waals surface area contributed by atoms with Crippen molar-refractivity contribution in [3.8, 4) is 0 Å². The molecule has 1 saturated carbocycles. The van der Waals surface area contributed by atoms with E-state index in [2.05, 4.69) is 20.8 Å². The van der Waals surface area contributed by atoms with Gasteiger partial charge in [0.25, 0.3) is 0 Å². The quantitative estimate of drug-likeness (QED) is 0.712. The van der Waals surface area contributed by atoms with Gasteiger partial charge in [-0.15, -0.1) is 0 Å². The highest BCUT2D eigenvalue weighted by atomic mass is 16.3. The molecular weight excluding hydrogens is 160 g/mol. The Balaban J connectivity index is 2.34. The average molecular weight is 184 g/mol. The normalized spacial score (nSPS) is 36.5. The molecular formula is C12H24O. The molecule has 0 aromatic heterocycles. The van der Waals surface area contributed by atoms with Gasteiger partial charge in [0.2, 0.25) is 0 Å². The summed E-state index contributed by atoms with van der Waals surface area (Å²) in [6.07, 6.45) is 5.39. The van der Waals surface area contributed by atoms with Crippen LogP contribution in [0.25, 0.3) is 0 Å². The first-order chi connectivity index (χ1) is 6.17. The minimum absolute atomic E-state index is 0.361. The predicted molar refractivity (Wildman–Crippen MR) is 56.5 cm³/mol. The summed E-state index contributed by atoms with van der Waals surface area (Å²) in [6, 6.07) is 0. The highest BCUT2D eigenvalue weighted by molar-refractivity contribution is 4.81. The smallest absolute Gasteiger partial charge is 0.0456 e. The Labute approximate surface area is 82.5 Å². The van der Waals surface area contributed by atoms with E-state index in [-0.39, 0.29) is 0 Å². The average Bonchev–Trinajstić information content (AvgIpc) is 2.47. The van der Waals surface area contributed by atoms with E-state index < -0.39 is 0 Å². The second kappa shape index (κ2) is 4.99. The van der Waals surface area contributed by atoms with Crippen molar-refractivity contribution in [3.05, 3.63) is 0 Å². The zero-order chi connectivity index (χ0) is 9.84. The molecule has 1 fully saturated rings. The van der Waals surface area contributed by atoms with Gasteiger partial charge in [-0.3, -0.25) is 0 Å². The molecule has 1 aliphatic carbocycles. The highest BCUT2D eigenvalue weighted by Crippen LogP contribution is 2.40. The van der Waals surface area contributed by atoms with Crippen LogP contribution in [0.3, 0.4) is 0 Å². The fraction of sp³-hybridized carbons (Fsp3) is 1.00. The Kier molecular flexibility index (Phi) is 4.24. The number of hydrogen-bond donors (Lipinski definition) is 1. The van der Waals surface area contributed by atoms with Crippen LogP contribution in [0.15, 0.2) is 0 Å². The molecule has 4 unspecified atom stereocenters. The van der Waals surface area contributed by atoms with Crippen LogP contribution in [0.4, 0.5) is 0 Å². The standard InChI is InChI=1S/C12H24O/c1-4-11-6-10(3)12(7-11)5-9(2)8-13/h9-13H,4-8H2,1-3H3. The third-order valence-corrected chi connectivity index (χ3v) is 3.74. The second-order valence-corrected chi connectivity index (χ2v) is 5.01. The van der Waals surface area contributed by atoms with Crippen LogP contribution in [-0.2, 0) is 0 Å². The number of rotatable bonds is 4. The van der Waals surface area contributed by atoms with Crippen molar-refractivity contribution in [1.29, 1.82) is 0 Å². The van der Waals surface area contributed by atoms with Gasteiger partial charge in [-0.25, -0.2) is 0 Å². The fourth-order valence-corrected chi connectivity index (χ4v) is 2.73. The minimum atomic E-state index is 0.361. The summed E-state index contributed by atoms with van der Waals surface area (Å²) >= 11 is 0. The Hall–Kier alpha value is -0.0400. The molecule has 0 amide bonds. The van der Waals surface area contributed by atoms with Crippen molar-refractivity contribution < 1.29 is 5.11 Å². The summed E-state index contributed by atoms with van der Waals surface area (Å²) in [5.41, 5.74) is 0. The van der Waals surface area contributed by atoms with Crippen LogP contribution in [0, 0.1) is 23.7 Å². The highest BCUT2D eigenvalue weighted by Gasteiger charge is 2.30. The predicted octanol–water partition coefficient (Wildman–Crippen LogP) is 3.08. The number of aliphatic hydroxyl groups is 1. The molecule has 0 aromatic carbocycles. The van der Waals surface area contributed by atoms with Crippen LogP contribution in [0.2, 0.25) is 0 Å². The summed E-state index contributed by atoms with van der Waals surface area (Å²) in [5.74, 6) is 3.24. The van der Waals surface area contributed by atoms with Crippen molar-refractivity contribution in [3.63, 3.8) is 0 Å². The maximum Gasteiger partial charge on any atom is 0.0456 e. The molecule has 1 aliphatic rings. The lowest BCUT2D eigenvalue weighted by Crippen LogP contribution is -2.11. The van der Waals surface area contributed by atoms with E-state index in [4.69, 9.17) is 5.11 Å². The summed E-state index contributed by atoms with van der Waals surface area (Å²) in [4.78, 5) is 0. The first kappa shape index (κ1) is 11.0. The molecule has 0 aromatic rings. The van der Waals surface area contributed by atoms with Crippen LogP contribution in [0.5, 0.6) is 0 Å². The zero-order valence-corrected chi connectivity index (χ0v) is 9.29. The molecule has 0 saturated heterocycles. The minimum Gasteiger partial charge on any atom is -0.396 e. The lowest BCUT2D eigenvalue weighted by Gasteiger charge is -2.18. The van der Waals surface area contributed by atoms with E-state index in [1.54, 1.807) is 0 Å². The maximum absolute atomic E-state index is 9.00. The number of aliphatic hydroxyl groups excluding tert-OH is 1. The van der Waals surface area contributed by atoms with Gasteiger partial charge in [0, 0.05) is 6.61 Å². The third-order valence-electron chi connectivity index (χ3n) is 3.74. The molecule has 0 heterocycles. The van der Waals surface area contributed by atoms with Gasteiger partial charge in [-0.2, -0.15) is 0 Å². The van der Waals surface area contributed by atoms with Gasteiger partial charge in [0.1, 0.15) is 0 Å². The SMILES string of the molecule is CCC1CC(C)C(CC(C)CO)C1. The van der Waals surface area contributed by atoms with Gasteiger partial charge in [-0.1, -0.05) is 27.2 Å². The molecule has 0 radical (unpaired) electrons. The molecule has 1 N–H and O–H groups in total. The van der Waals surface area contributed by atoms with Crippen LogP contribution in [-0.4, -0.2) is 11.7 Å². The van der Waals surface area contributed by atoms with E-state index in [0.717, 1.165) is 17.8 Å². The summed E-state index contributed by atoms with van der Waals surface area (Å²) in [5, 5.41) is 9.00. The van der Waals surface area contributed by atoms with Gasteiger partial charge >= 0.3 is 0 Å². The number of hydrogen-bond acceptors (Lipinski definition) is 1. The van der Waals surface area contributed by atoms with Crippen molar-refractivity contribution in [2.24, 2.45) is 23.7 Å². The molecule has 13 heavy (non-hydrogen) atoms. The van der Waals surface area contributed by atoms with Gasteiger partial charge < -0.3 is 5.11 Å². The molecule has 0 bridgehead atoms. The van der Waals surface area contributed by atoms with Crippen LogP contribution < -0.4 is 0 Å². The van der Waals surface area contributed by atoms with Gasteiger partial charge in [0.15, 0.2) is 0 Å². The van der Waals surface area contributed by atoms with E-state index in [1.165, 1.54) is 25.7 Å². The Morgan fingerprint density at radius 1 is 1.38 bits per heavy atom. The molecule has 1 heteroatoms. The van der Waals surface area contributed by atoms with E-state index in [1.807, 2.05) is 0 Å². The monoisotopic (exact) mass is 184 g/mol. The van der Waals surface area contributed by atoms with E-state index >= 15 is 0 Å². The van der Waals surface area contributed by atoms with Crippen molar-refractivity contribution in [2.45, 2.75) is 46.5 Å². The van der Waals surface area contributed by atoms with Gasteiger partial charge in [0.05, 0.1) is 0 Å². The van der Waals surface area contributed by atoms with Crippen molar-refractivity contribution in [1.82, 2.24) is 0 Å². The van der Waals surface area contributed by atoms with Gasteiger partial charge in [-0.05, 0) is 42.9 Å². The zero-order valence-electron chi connectivity index (χ0n) is 9.29. The lowest BCUT2D eigenvalue weighted by atomic mass is 9.89. The summed E-state index contributed by atoms with van der Waals surface area (Å²) in [6.45, 7) is 7.20. The van der Waals surface area contributed by atoms with Crippen LogP contribution in [0.1, 0.15) is 46.5 Å². The summed E-state index contributed by atoms with van der Waals surface area (Å²) < 4.78 is 0.